The van der Waals surface area contributed by atoms with Gasteiger partial charge in [0.15, 0.2) is 0 Å². The highest BCUT2D eigenvalue weighted by atomic mass is 16.4. The summed E-state index contributed by atoms with van der Waals surface area (Å²) in [5.41, 5.74) is -0.205. The summed E-state index contributed by atoms with van der Waals surface area (Å²) in [6.07, 6.45) is 23.4. The van der Waals surface area contributed by atoms with Gasteiger partial charge in [-0.1, -0.05) is 78.1 Å². The molecule has 1 atom stereocenters. The molecule has 3 heteroatoms. The molecule has 0 spiro atoms. The van der Waals surface area contributed by atoms with E-state index in [1.165, 1.54) is 89.9 Å². The molecule has 0 bridgehead atoms. The van der Waals surface area contributed by atoms with Crippen LogP contribution in [0.2, 0.25) is 0 Å². The maximum Gasteiger partial charge on any atom is 0.303 e. The zero-order chi connectivity index (χ0) is 22.5. The molecule has 0 aromatic carbocycles. The average molecular weight is 432 g/mol. The maximum atomic E-state index is 10.8. The molecule has 0 saturated heterocycles. The Labute approximate surface area is 192 Å². The van der Waals surface area contributed by atoms with Crippen molar-refractivity contribution in [1.82, 2.24) is 0 Å². The van der Waals surface area contributed by atoms with Gasteiger partial charge in [0.1, 0.15) is 0 Å². The predicted molar refractivity (Wildman–Crippen MR) is 129 cm³/mol. The largest absolute Gasteiger partial charge is 0.481 e. The Kier molecular flexibility index (Phi) is 12.0. The molecule has 1 N–H and O–H groups in total. The summed E-state index contributed by atoms with van der Waals surface area (Å²) in [6.45, 7) is 4.47. The fourth-order valence-corrected chi connectivity index (χ4v) is 6.52. The van der Waals surface area contributed by atoms with Crippen molar-refractivity contribution in [1.29, 1.82) is 5.26 Å². The van der Waals surface area contributed by atoms with Gasteiger partial charge < -0.3 is 5.11 Å². The van der Waals surface area contributed by atoms with Crippen molar-refractivity contribution >= 4 is 5.97 Å². The molecule has 0 heterocycles. The number of rotatable bonds is 14. The number of hydrogen-bond acceptors (Lipinski definition) is 2. The van der Waals surface area contributed by atoms with Crippen LogP contribution in [0.1, 0.15) is 136 Å². The van der Waals surface area contributed by atoms with Crippen LogP contribution < -0.4 is 0 Å². The van der Waals surface area contributed by atoms with Gasteiger partial charge in [0.05, 0.1) is 11.5 Å². The van der Waals surface area contributed by atoms with Crippen LogP contribution in [0.5, 0.6) is 0 Å². The number of unbranched alkanes of at least 4 members (excludes halogenated alkanes) is 6. The minimum absolute atomic E-state index is 0.205. The Morgan fingerprint density at radius 1 is 0.935 bits per heavy atom. The average Bonchev–Trinajstić information content (AvgIpc) is 2.78. The Morgan fingerprint density at radius 2 is 1.52 bits per heavy atom. The van der Waals surface area contributed by atoms with E-state index in [0.717, 1.165) is 37.0 Å². The lowest BCUT2D eigenvalue weighted by atomic mass is 9.60. The summed E-state index contributed by atoms with van der Waals surface area (Å²) in [5, 5.41) is 18.8. The zero-order valence-corrected chi connectivity index (χ0v) is 20.5. The van der Waals surface area contributed by atoms with Gasteiger partial charge >= 0.3 is 5.97 Å². The Bertz CT molecular complexity index is 536. The highest BCUT2D eigenvalue weighted by Crippen LogP contribution is 2.49. The Balaban J connectivity index is 1.63. The van der Waals surface area contributed by atoms with E-state index in [-0.39, 0.29) is 11.8 Å². The minimum Gasteiger partial charge on any atom is -0.481 e. The smallest absolute Gasteiger partial charge is 0.303 e. The number of carboxylic acids is 1. The summed E-state index contributed by atoms with van der Waals surface area (Å²) in [6, 6.07) is 2.68. The molecule has 2 fully saturated rings. The SMILES string of the molecule is CCCCCCCCCC1CCC([C@H]2CC[C@](C#N)([C@H](C)CCCC(=O)O)CC2)CC1. The van der Waals surface area contributed by atoms with E-state index in [0.29, 0.717) is 12.3 Å². The normalized spacial score (nSPS) is 29.9. The summed E-state index contributed by atoms with van der Waals surface area (Å²) in [4.78, 5) is 10.8. The molecule has 0 amide bonds. The standard InChI is InChI=1S/C28H49NO2/c1-3-4-5-6-7-8-9-12-24-14-16-25(17-15-24)26-18-20-28(22-29,21-19-26)23(2)11-10-13-27(30)31/h23-26H,3-21H2,1-2H3,(H,30,31)/t23-,24?,25?,26-,28-/m1/s1. The molecule has 2 aliphatic carbocycles. The molecule has 0 unspecified atom stereocenters. The minimum atomic E-state index is -0.718. The van der Waals surface area contributed by atoms with E-state index in [1.54, 1.807) is 0 Å². The number of nitriles is 1. The number of aliphatic carboxylic acids is 1. The molecule has 3 nitrogen and oxygen atoms in total. The van der Waals surface area contributed by atoms with E-state index < -0.39 is 5.97 Å². The van der Waals surface area contributed by atoms with Gasteiger partial charge in [-0.05, 0) is 75.0 Å². The zero-order valence-electron chi connectivity index (χ0n) is 20.5. The molecule has 2 aliphatic rings. The van der Waals surface area contributed by atoms with Gasteiger partial charge in [-0.25, -0.2) is 0 Å². The van der Waals surface area contributed by atoms with Crippen molar-refractivity contribution in [2.24, 2.45) is 29.1 Å². The molecule has 178 valence electrons. The molecule has 0 aromatic heterocycles. The molecular weight excluding hydrogens is 382 g/mol. The topological polar surface area (TPSA) is 61.1 Å². The van der Waals surface area contributed by atoms with Crippen molar-refractivity contribution in [2.75, 3.05) is 0 Å². The highest BCUT2D eigenvalue weighted by molar-refractivity contribution is 5.66. The van der Waals surface area contributed by atoms with Gasteiger partial charge in [-0.3, -0.25) is 4.79 Å². The first-order valence-electron chi connectivity index (χ1n) is 13.6. The second kappa shape index (κ2) is 14.2. The van der Waals surface area contributed by atoms with Crippen molar-refractivity contribution in [3.8, 4) is 6.07 Å². The van der Waals surface area contributed by atoms with Gasteiger partial charge in [0, 0.05) is 6.42 Å². The molecule has 0 aliphatic heterocycles. The van der Waals surface area contributed by atoms with Gasteiger partial charge in [0.25, 0.3) is 0 Å². The Morgan fingerprint density at radius 3 is 2.10 bits per heavy atom. The highest BCUT2D eigenvalue weighted by Gasteiger charge is 2.41. The lowest BCUT2D eigenvalue weighted by Crippen LogP contribution is -2.35. The van der Waals surface area contributed by atoms with Crippen molar-refractivity contribution in [2.45, 2.75) is 136 Å². The van der Waals surface area contributed by atoms with E-state index >= 15 is 0 Å². The number of carboxylic acid groups (broad SMARTS) is 1. The third kappa shape index (κ3) is 8.78. The number of hydrogen-bond donors (Lipinski definition) is 1. The van der Waals surface area contributed by atoms with Crippen LogP contribution in [-0.4, -0.2) is 11.1 Å². The molecule has 0 aromatic rings. The van der Waals surface area contributed by atoms with Crippen molar-refractivity contribution < 1.29 is 9.90 Å². The van der Waals surface area contributed by atoms with E-state index in [4.69, 9.17) is 5.11 Å². The second-order valence-electron chi connectivity index (χ2n) is 11.0. The van der Waals surface area contributed by atoms with E-state index in [2.05, 4.69) is 19.9 Å². The monoisotopic (exact) mass is 431 g/mol. The second-order valence-corrected chi connectivity index (χ2v) is 11.0. The fraction of sp³-hybridized carbons (Fsp3) is 0.929. The van der Waals surface area contributed by atoms with Crippen molar-refractivity contribution in [3.63, 3.8) is 0 Å². The first-order valence-corrected chi connectivity index (χ1v) is 13.6. The third-order valence-corrected chi connectivity index (χ3v) is 8.89. The van der Waals surface area contributed by atoms with Crippen LogP contribution in [-0.2, 0) is 4.79 Å². The Hall–Kier alpha value is -1.04. The molecule has 31 heavy (non-hydrogen) atoms. The van der Waals surface area contributed by atoms with E-state index in [9.17, 15) is 10.1 Å². The van der Waals surface area contributed by atoms with Crippen LogP contribution in [0.15, 0.2) is 0 Å². The van der Waals surface area contributed by atoms with Crippen LogP contribution in [0.4, 0.5) is 0 Å². The molecule has 2 saturated carbocycles. The molecule has 2 rings (SSSR count). The van der Waals surface area contributed by atoms with Crippen LogP contribution in [0.25, 0.3) is 0 Å². The maximum absolute atomic E-state index is 10.8. The van der Waals surface area contributed by atoms with Gasteiger partial charge in [0.2, 0.25) is 0 Å². The van der Waals surface area contributed by atoms with E-state index in [1.807, 2.05) is 0 Å². The van der Waals surface area contributed by atoms with Gasteiger partial charge in [-0.2, -0.15) is 5.26 Å². The third-order valence-electron chi connectivity index (χ3n) is 8.89. The van der Waals surface area contributed by atoms with Crippen molar-refractivity contribution in [3.05, 3.63) is 0 Å². The van der Waals surface area contributed by atoms with Gasteiger partial charge in [-0.15, -0.1) is 0 Å². The number of carbonyl (C=O) groups is 1. The lowest BCUT2D eigenvalue weighted by Gasteiger charge is -2.43. The molecular formula is C28H49NO2. The predicted octanol–water partition coefficient (Wildman–Crippen LogP) is 8.52. The van der Waals surface area contributed by atoms with Crippen LogP contribution in [0.3, 0.4) is 0 Å². The fourth-order valence-electron chi connectivity index (χ4n) is 6.52. The summed E-state index contributed by atoms with van der Waals surface area (Å²) in [7, 11) is 0. The lowest BCUT2D eigenvalue weighted by molar-refractivity contribution is -0.137. The quantitative estimate of drug-likeness (QED) is 0.280. The van der Waals surface area contributed by atoms with Crippen LogP contribution in [0, 0.1) is 40.4 Å². The summed E-state index contributed by atoms with van der Waals surface area (Å²) >= 11 is 0. The number of nitrogens with zero attached hydrogens (tertiary/aromatic N) is 1. The van der Waals surface area contributed by atoms with Crippen LogP contribution >= 0.6 is 0 Å². The first kappa shape index (κ1) is 26.2. The first-order chi connectivity index (χ1) is 15.0. The molecule has 0 radical (unpaired) electrons. The summed E-state index contributed by atoms with van der Waals surface area (Å²) in [5.74, 6) is 2.29. The summed E-state index contributed by atoms with van der Waals surface area (Å²) < 4.78 is 0.